The number of hydrogen-bond donors (Lipinski definition) is 0. The maximum absolute atomic E-state index is 14.6. The van der Waals surface area contributed by atoms with Crippen LogP contribution in [0.2, 0.25) is 0 Å². The van der Waals surface area contributed by atoms with Crippen LogP contribution in [0.25, 0.3) is 11.8 Å². The van der Waals surface area contributed by atoms with E-state index in [1.165, 1.54) is 15.6 Å². The van der Waals surface area contributed by atoms with Crippen molar-refractivity contribution in [1.82, 2.24) is 13.9 Å². The number of para-hydroxylation sites is 2. The van der Waals surface area contributed by atoms with Gasteiger partial charge in [0, 0.05) is 45.3 Å². The van der Waals surface area contributed by atoms with Crippen LogP contribution in [0.3, 0.4) is 0 Å². The summed E-state index contributed by atoms with van der Waals surface area (Å²) < 4.78 is 19.6. The number of aromatic nitrogens is 3. The van der Waals surface area contributed by atoms with Crippen molar-refractivity contribution in [3.05, 3.63) is 108 Å². The third-order valence-electron chi connectivity index (χ3n) is 8.88. The van der Waals surface area contributed by atoms with Gasteiger partial charge >= 0.3 is 0 Å². The van der Waals surface area contributed by atoms with E-state index in [0.29, 0.717) is 73.2 Å². The molecule has 0 radical (unpaired) electrons. The molecule has 48 heavy (non-hydrogen) atoms. The molecule has 2 aliphatic heterocycles. The summed E-state index contributed by atoms with van der Waals surface area (Å²) >= 11 is 6.77. The van der Waals surface area contributed by atoms with Gasteiger partial charge in [-0.2, -0.15) is 5.26 Å². The first-order valence-electron chi connectivity index (χ1n) is 15.6. The minimum absolute atomic E-state index is 0.00331. The Bertz CT molecular complexity index is 2140. The second-order valence-corrected chi connectivity index (χ2v) is 13.3. The molecule has 1 amide bonds. The van der Waals surface area contributed by atoms with Crippen molar-refractivity contribution in [2.24, 2.45) is 7.05 Å². The lowest BCUT2D eigenvalue weighted by Crippen LogP contribution is -2.49. The topological polar surface area (TPSA) is 99.5 Å². The quantitative estimate of drug-likeness (QED) is 0.196. The first-order chi connectivity index (χ1) is 23.1. The Labute approximate surface area is 286 Å². The molecule has 0 unspecified atom stereocenters. The van der Waals surface area contributed by atoms with E-state index in [0.717, 1.165) is 11.8 Å². The molecule has 13 heteroatoms. The minimum Gasteiger partial charge on any atom is -0.366 e. The highest BCUT2D eigenvalue weighted by Crippen LogP contribution is 2.39. The Hall–Kier alpha value is -4.93. The molecule has 0 aliphatic carbocycles. The molecule has 10 nitrogen and oxygen atoms in total. The molecule has 0 bridgehead atoms. The molecule has 0 atom stereocenters. The predicted octanol–water partition coefficient (Wildman–Crippen LogP) is 5.11. The van der Waals surface area contributed by atoms with Gasteiger partial charge in [-0.3, -0.25) is 28.5 Å². The third-order valence-corrected chi connectivity index (χ3v) is 10.2. The zero-order valence-electron chi connectivity index (χ0n) is 27.1. The van der Waals surface area contributed by atoms with Gasteiger partial charge in [0.15, 0.2) is 4.32 Å². The number of pyridine rings is 1. The van der Waals surface area contributed by atoms with E-state index in [1.54, 1.807) is 54.4 Å². The second kappa shape index (κ2) is 13.3. The molecule has 4 heterocycles. The number of benzene rings is 2. The fraction of sp³-hybridized carbons (Fsp3) is 0.286. The molecule has 4 aromatic rings. The minimum atomic E-state index is -0.461. The number of piperazine rings is 1. The number of halogens is 1. The summed E-state index contributed by atoms with van der Waals surface area (Å²) in [5.41, 5.74) is 2.14. The van der Waals surface area contributed by atoms with Crippen LogP contribution < -0.4 is 25.8 Å². The number of anilines is 3. The average molecular weight is 684 g/mol. The summed E-state index contributed by atoms with van der Waals surface area (Å²) in [5.74, 6) is -0.161. The van der Waals surface area contributed by atoms with Gasteiger partial charge in [-0.05, 0) is 56.2 Å². The predicted molar refractivity (Wildman–Crippen MR) is 193 cm³/mol. The fourth-order valence-electron chi connectivity index (χ4n) is 6.39. The van der Waals surface area contributed by atoms with Crippen LogP contribution in [-0.4, -0.2) is 50.3 Å². The van der Waals surface area contributed by atoms with Crippen molar-refractivity contribution >= 4 is 57.5 Å². The maximum Gasteiger partial charge on any atom is 0.296 e. The average Bonchev–Trinajstić information content (AvgIpc) is 3.48. The second-order valence-electron chi connectivity index (χ2n) is 11.7. The Morgan fingerprint density at radius 3 is 2.25 bits per heavy atom. The number of thiocarbonyl (C=S) groups is 1. The lowest BCUT2D eigenvalue weighted by atomic mass is 10.0. The fourth-order valence-corrected chi connectivity index (χ4v) is 7.64. The number of nitrogens with zero attached hydrogens (tertiary/aromatic N) is 7. The Balaban J connectivity index is 1.43. The highest BCUT2D eigenvalue weighted by atomic mass is 32.2. The molecule has 2 aliphatic rings. The standard InChI is InChI=1S/C35H34FN7O3S2/c1-5-15-41-31(40-18-16-39(17-19-40)28-14-10-9-13-27(28)36)25(22(2)26(21-37)32(41)44)20-29-33(45)42(35(47)48-29)30-23(3)38(4)43(34(30)46)24-11-7-6-8-12-24/h6-14,20H,5,15-19H2,1-4H3/b29-20+. The molecule has 0 spiro atoms. The molecular formula is C35H34FN7O3S2. The molecular weight excluding hydrogens is 650 g/mol. The first kappa shape index (κ1) is 33.0. The number of nitriles is 1. The number of rotatable bonds is 7. The number of carbonyl (C=O) groups excluding carboxylic acids is 1. The smallest absolute Gasteiger partial charge is 0.296 e. The van der Waals surface area contributed by atoms with Crippen LogP contribution in [0, 0.1) is 31.0 Å². The summed E-state index contributed by atoms with van der Waals surface area (Å²) in [6.07, 6.45) is 2.33. The summed E-state index contributed by atoms with van der Waals surface area (Å²) in [7, 11) is 1.75. The number of thioether (sulfide) groups is 1. The number of hydrogen-bond acceptors (Lipinski definition) is 8. The van der Waals surface area contributed by atoms with E-state index in [-0.39, 0.29) is 31.9 Å². The molecule has 0 saturated carbocycles. The van der Waals surface area contributed by atoms with E-state index in [1.807, 2.05) is 42.2 Å². The number of amides is 1. The van der Waals surface area contributed by atoms with Gasteiger partial charge in [-0.15, -0.1) is 0 Å². The Morgan fingerprint density at radius 2 is 1.60 bits per heavy atom. The monoisotopic (exact) mass is 683 g/mol. The van der Waals surface area contributed by atoms with Crippen LogP contribution in [0.4, 0.5) is 21.6 Å². The molecule has 246 valence electrons. The van der Waals surface area contributed by atoms with Crippen molar-refractivity contribution in [2.45, 2.75) is 33.7 Å². The van der Waals surface area contributed by atoms with Gasteiger partial charge in [0.2, 0.25) is 0 Å². The van der Waals surface area contributed by atoms with Gasteiger partial charge in [0.1, 0.15) is 29.0 Å². The maximum atomic E-state index is 14.6. The van der Waals surface area contributed by atoms with E-state index in [2.05, 4.69) is 11.0 Å². The van der Waals surface area contributed by atoms with Crippen molar-refractivity contribution in [3.8, 4) is 11.8 Å². The number of carbonyl (C=O) groups is 1. The highest BCUT2D eigenvalue weighted by Gasteiger charge is 2.38. The van der Waals surface area contributed by atoms with E-state index in [4.69, 9.17) is 12.2 Å². The van der Waals surface area contributed by atoms with E-state index in [9.17, 15) is 24.0 Å². The van der Waals surface area contributed by atoms with Crippen LogP contribution in [-0.2, 0) is 18.4 Å². The summed E-state index contributed by atoms with van der Waals surface area (Å²) in [6.45, 7) is 7.75. The first-order valence-corrected chi connectivity index (χ1v) is 16.8. The van der Waals surface area contributed by atoms with Crippen molar-refractivity contribution in [1.29, 1.82) is 5.26 Å². The third kappa shape index (κ3) is 5.54. The molecule has 0 N–H and O–H groups in total. The van der Waals surface area contributed by atoms with Crippen LogP contribution >= 0.6 is 24.0 Å². The lowest BCUT2D eigenvalue weighted by molar-refractivity contribution is -0.113. The van der Waals surface area contributed by atoms with Crippen molar-refractivity contribution in [3.63, 3.8) is 0 Å². The normalized spacial score (nSPS) is 15.9. The van der Waals surface area contributed by atoms with Gasteiger partial charge in [-0.1, -0.05) is 61.2 Å². The highest BCUT2D eigenvalue weighted by molar-refractivity contribution is 8.27. The summed E-state index contributed by atoms with van der Waals surface area (Å²) in [6, 6.07) is 17.9. The van der Waals surface area contributed by atoms with Crippen molar-refractivity contribution in [2.75, 3.05) is 40.9 Å². The van der Waals surface area contributed by atoms with Crippen LogP contribution in [0.1, 0.15) is 35.7 Å². The lowest BCUT2D eigenvalue weighted by Gasteiger charge is -2.39. The van der Waals surface area contributed by atoms with Gasteiger partial charge < -0.3 is 9.80 Å². The van der Waals surface area contributed by atoms with E-state index < -0.39 is 11.5 Å². The van der Waals surface area contributed by atoms with E-state index >= 15 is 0 Å². The molecule has 2 aromatic heterocycles. The van der Waals surface area contributed by atoms with Crippen molar-refractivity contribution < 1.29 is 9.18 Å². The van der Waals surface area contributed by atoms with Gasteiger partial charge in [0.05, 0.1) is 22.0 Å². The zero-order valence-corrected chi connectivity index (χ0v) is 28.7. The molecule has 2 saturated heterocycles. The zero-order chi connectivity index (χ0) is 34.3. The Kier molecular flexibility index (Phi) is 9.13. The van der Waals surface area contributed by atoms with Gasteiger partial charge in [0.25, 0.3) is 17.0 Å². The molecule has 6 rings (SSSR count). The molecule has 2 fully saturated rings. The van der Waals surface area contributed by atoms with Crippen LogP contribution in [0.15, 0.2) is 69.1 Å². The largest absolute Gasteiger partial charge is 0.366 e. The summed E-state index contributed by atoms with van der Waals surface area (Å²) in [4.78, 5) is 47.2. The van der Waals surface area contributed by atoms with Crippen LogP contribution in [0.5, 0.6) is 0 Å². The summed E-state index contributed by atoms with van der Waals surface area (Å²) in [5, 5.41) is 10.1. The Morgan fingerprint density at radius 1 is 0.958 bits per heavy atom. The SMILES string of the molecule is CCCn1c(N2CCN(c3ccccc3F)CC2)c(/C=C2/SC(=S)N(c3c(C)n(C)n(-c4ccccc4)c3=O)C2=O)c(C)c(C#N)c1=O. The molecule has 2 aromatic carbocycles. The van der Waals surface area contributed by atoms with Gasteiger partial charge in [-0.25, -0.2) is 9.07 Å².